The Hall–Kier alpha value is 2.42. The van der Waals surface area contributed by atoms with Crippen LogP contribution in [0.5, 0.6) is 0 Å². The van der Waals surface area contributed by atoms with Crippen molar-refractivity contribution in [1.29, 1.82) is 0 Å². The molecule has 0 spiro atoms. The first-order valence-electron chi connectivity index (χ1n) is 31.8. The molecule has 0 aliphatic heterocycles. The first-order chi connectivity index (χ1) is 37.2. The van der Waals surface area contributed by atoms with E-state index < -0.39 is 0 Å². The third kappa shape index (κ3) is 22.0. The minimum Gasteiger partial charge on any atom is -1.00 e. The molecule has 8 rings (SSSR count). The minimum atomic E-state index is -0.199. The van der Waals surface area contributed by atoms with Crippen LogP contribution in [0.2, 0.25) is 0 Å². The Balaban J connectivity index is 0. The molecule has 13 heteroatoms. The molecular formula is C69H125BrK2O8S2. The molecule has 8 aliphatic carbocycles. The normalized spacial score (nSPS) is 34.3. The van der Waals surface area contributed by atoms with Crippen LogP contribution in [0.15, 0.2) is 23.3 Å². The molecule has 0 amide bonds. The van der Waals surface area contributed by atoms with Gasteiger partial charge in [-0.25, -0.2) is 0 Å². The first kappa shape index (κ1) is 82.4. The van der Waals surface area contributed by atoms with E-state index in [0.717, 1.165) is 107 Å². The number of methoxy groups -OCH3 is 1. The van der Waals surface area contributed by atoms with Gasteiger partial charge in [0, 0.05) is 30.4 Å². The number of hydrogen-bond acceptors (Lipinski definition) is 10. The van der Waals surface area contributed by atoms with Crippen LogP contribution in [0.3, 0.4) is 0 Å². The molecule has 6 saturated carbocycles. The molecule has 82 heavy (non-hydrogen) atoms. The predicted molar refractivity (Wildman–Crippen MR) is 346 cm³/mol. The van der Waals surface area contributed by atoms with Crippen LogP contribution >= 0.6 is 40.3 Å². The number of halogens is 1. The standard InChI is InChI=1S/C33H56O2S.C29H49BrO.C4H8O2S.CH2O3.2CH4.2K.H2.H/c1-23(2)8-7-9-24(3)29-12-13-30-28-11-10-26-22-27(35-19-21-36-20-16-25(4)34)14-17-32(26,5)31(28)15-18-33(29,30)6;1-20(2)7-6-8-21(3)25-11-12-26-24-10-9-22-19-23(31-18-17-30)13-15-28(22,4)27(24)14-16-29(25,26)5;1-6-4(5)2-3-7;2-1-4-3;;;;;;/h10,23-24,27-31H,7-9,11-22H2,1-6H3;9,20-21,23-27H,6-8,10-19H2,1-5H3;7H,2-3H2,1H3;1,3H;2*1H4;;;1H;/q;;;;;;2*+1;;-1/p-1/t24-,27+,28+,29-,30+,31+,32+,33-;21-,23+,24+,25-,26+,27+,28+,29-;;;;;;;;/m11......../s1/i;;;;;;;;1+1;. The summed E-state index contributed by atoms with van der Waals surface area (Å²) >= 11 is 9.20. The third-order valence-corrected chi connectivity index (χ3v) is 24.2. The van der Waals surface area contributed by atoms with Crippen molar-refractivity contribution >= 4 is 58.5 Å². The number of thioether (sulfide) groups is 1. The second-order valence-electron chi connectivity index (χ2n) is 28.0. The van der Waals surface area contributed by atoms with E-state index in [1.807, 2.05) is 11.8 Å². The second kappa shape index (κ2) is 40.4. The molecular weight excluding hydrogens is 1180 g/mol. The molecule has 0 unspecified atom stereocenters. The van der Waals surface area contributed by atoms with E-state index in [1.54, 1.807) is 18.1 Å². The van der Waals surface area contributed by atoms with Crippen molar-refractivity contribution in [1.82, 2.24) is 0 Å². The Morgan fingerprint density at radius 3 is 1.50 bits per heavy atom. The molecule has 0 aromatic carbocycles. The number of esters is 1. The fraction of sp³-hybridized carbons (Fsp3) is 0.899. The van der Waals surface area contributed by atoms with Gasteiger partial charge in [0.05, 0.1) is 39.0 Å². The fourth-order valence-corrected chi connectivity index (χ4v) is 19.8. The van der Waals surface area contributed by atoms with Crippen LogP contribution in [0.25, 0.3) is 0 Å². The van der Waals surface area contributed by atoms with Gasteiger partial charge in [-0.15, -0.1) is 0 Å². The van der Waals surface area contributed by atoms with E-state index in [1.165, 1.54) is 142 Å². The Bertz CT molecular complexity index is 1920. The summed E-state index contributed by atoms with van der Waals surface area (Å²) in [5, 5.41) is 9.39. The zero-order valence-corrected chi connectivity index (χ0v) is 63.1. The second-order valence-corrected chi connectivity index (χ2v) is 30.5. The van der Waals surface area contributed by atoms with Gasteiger partial charge in [0.25, 0.3) is 6.47 Å². The third-order valence-electron chi connectivity index (χ3n) is 22.7. The zero-order chi connectivity index (χ0) is 57.3. The van der Waals surface area contributed by atoms with Gasteiger partial charge < -0.3 is 25.8 Å². The van der Waals surface area contributed by atoms with E-state index in [-0.39, 0.29) is 133 Å². The maximum Gasteiger partial charge on any atom is 1.00 e. The summed E-state index contributed by atoms with van der Waals surface area (Å²) in [6.07, 6.45) is 38.0. The Kier molecular flexibility index (Phi) is 40.6. The predicted octanol–water partition coefficient (Wildman–Crippen LogP) is 12.5. The summed E-state index contributed by atoms with van der Waals surface area (Å²) in [6.45, 7) is 28.6. The average molecular weight is 1310 g/mol. The molecule has 0 radical (unpaired) electrons. The van der Waals surface area contributed by atoms with E-state index in [2.05, 4.69) is 120 Å². The quantitative estimate of drug-likeness (QED) is 0.0123. The first-order valence-corrected chi connectivity index (χ1v) is 34.7. The van der Waals surface area contributed by atoms with Gasteiger partial charge in [0.1, 0.15) is 5.78 Å². The zero-order valence-electron chi connectivity index (χ0n) is 54.5. The number of thiol groups is 1. The Labute approximate surface area is 611 Å². The van der Waals surface area contributed by atoms with Crippen molar-refractivity contribution in [2.24, 2.45) is 92.7 Å². The molecule has 0 bridgehead atoms. The van der Waals surface area contributed by atoms with Gasteiger partial charge >= 0.3 is 109 Å². The SMILES string of the molecule is C.C.CC(=O)CCSCCO[C@H]1CC[C@@]2(C)C(=CC[C@H]3[C@@H]4CC[C@H]([C@H](C)CCCC(C)C)[C@@]4(C)CC[C@@H]32)C1.CC(C)CCC[C@@H](C)[C@H]1CC[C@H]2[C@@H]3CC=C4C[C@@H](OCCBr)CC[C@]4(C)[C@H]3CC[C@]12C.COC(=O)CCS.O=CO[O-].[2HH].[H-].[K+].[K+]. The topological polar surface area (TPSA) is 111 Å². The molecule has 8 aliphatic rings. The summed E-state index contributed by atoms with van der Waals surface area (Å²) in [6, 6.07) is 0. The molecule has 6 fully saturated rings. The number of fused-ring (bicyclic) bond motifs is 10. The van der Waals surface area contributed by atoms with Crippen molar-refractivity contribution in [2.45, 2.75) is 257 Å². The van der Waals surface area contributed by atoms with Crippen LogP contribution in [-0.2, 0) is 33.5 Å². The van der Waals surface area contributed by atoms with Gasteiger partial charge in [-0.2, -0.15) is 24.4 Å². The number of ketones is 1. The van der Waals surface area contributed by atoms with Gasteiger partial charge in [-0.3, -0.25) is 14.4 Å². The number of rotatable bonds is 23. The summed E-state index contributed by atoms with van der Waals surface area (Å²) in [7, 11) is 1.37. The molecule has 0 aromatic rings. The number of ether oxygens (including phenoxy) is 3. The van der Waals surface area contributed by atoms with Crippen molar-refractivity contribution in [3.8, 4) is 0 Å². The van der Waals surface area contributed by atoms with Crippen molar-refractivity contribution in [2.75, 3.05) is 42.9 Å². The Morgan fingerprint density at radius 2 is 1.13 bits per heavy atom. The number of allylic oxidation sites excluding steroid dienone is 2. The summed E-state index contributed by atoms with van der Waals surface area (Å²) < 4.78 is 16.8. The summed E-state index contributed by atoms with van der Waals surface area (Å²) in [4.78, 5) is 32.5. The monoisotopic (exact) mass is 1300 g/mol. The molecule has 0 aromatic heterocycles. The largest absolute Gasteiger partial charge is 1.00 e. The molecule has 8 nitrogen and oxygen atoms in total. The van der Waals surface area contributed by atoms with E-state index in [0.29, 0.717) is 58.2 Å². The van der Waals surface area contributed by atoms with Gasteiger partial charge in [0.2, 0.25) is 0 Å². The van der Waals surface area contributed by atoms with E-state index >= 15 is 0 Å². The maximum atomic E-state index is 11.1. The van der Waals surface area contributed by atoms with Crippen LogP contribution < -0.4 is 108 Å². The van der Waals surface area contributed by atoms with Crippen molar-refractivity contribution in [3.05, 3.63) is 23.3 Å². The van der Waals surface area contributed by atoms with Crippen LogP contribution in [-0.4, -0.2) is 73.3 Å². The number of carbonyl (C=O) groups is 3. The number of Topliss-reactive ketones (excluding diaryl/α,β-unsaturated/α-hetero) is 1. The van der Waals surface area contributed by atoms with Crippen LogP contribution in [0.1, 0.15) is 248 Å². The molecule has 0 N–H and O–H groups in total. The summed E-state index contributed by atoms with van der Waals surface area (Å²) in [5.41, 5.74) is 5.57. The maximum absolute atomic E-state index is 11.1. The van der Waals surface area contributed by atoms with Gasteiger partial charge in [-0.1, -0.05) is 162 Å². The molecule has 470 valence electrons. The number of alkyl halides is 1. The van der Waals surface area contributed by atoms with Crippen molar-refractivity contribution in [3.63, 3.8) is 0 Å². The molecule has 0 heterocycles. The van der Waals surface area contributed by atoms with Crippen molar-refractivity contribution < 1.29 is 144 Å². The number of hydrogen-bond donors (Lipinski definition) is 1. The molecule has 16 atom stereocenters. The molecule has 0 saturated heterocycles. The number of carbonyl (C=O) groups excluding carboxylic acids is 3. The Morgan fingerprint density at radius 1 is 0.695 bits per heavy atom. The summed E-state index contributed by atoms with van der Waals surface area (Å²) in [5.74, 6) is 13.7. The smallest absolute Gasteiger partial charge is 1.00 e. The fourth-order valence-electron chi connectivity index (χ4n) is 18.6. The van der Waals surface area contributed by atoms with Crippen LogP contribution in [0, 0.1) is 92.7 Å². The minimum absolute atomic E-state index is 0. The van der Waals surface area contributed by atoms with E-state index in [4.69, 9.17) is 19.5 Å². The van der Waals surface area contributed by atoms with E-state index in [9.17, 15) is 9.59 Å². The van der Waals surface area contributed by atoms with Gasteiger partial charge in [0.15, 0.2) is 0 Å². The average Bonchev–Trinajstić information content (AvgIpc) is 3.97. The van der Waals surface area contributed by atoms with Gasteiger partial charge in [-0.05, 0) is 202 Å². The van der Waals surface area contributed by atoms with Crippen LogP contribution in [0.4, 0.5) is 0 Å².